The molecular weight excluding hydrogens is 308 g/mol. The van der Waals surface area contributed by atoms with Crippen molar-refractivity contribution in [3.63, 3.8) is 0 Å². The lowest BCUT2D eigenvalue weighted by molar-refractivity contribution is 0.0622. The number of imidazole rings is 1. The lowest BCUT2D eigenvalue weighted by atomic mass is 9.90. The zero-order valence-corrected chi connectivity index (χ0v) is 14.2. The quantitative estimate of drug-likeness (QED) is 0.780. The van der Waals surface area contributed by atoms with Gasteiger partial charge < -0.3 is 0 Å². The number of piperidine rings is 1. The number of aryl methyl sites for hydroxylation is 2. The molecule has 3 nitrogen and oxygen atoms in total. The number of hydrogen-bond acceptors (Lipinski definition) is 2. The fourth-order valence-electron chi connectivity index (χ4n) is 3.40. The molecule has 1 saturated heterocycles. The van der Waals surface area contributed by atoms with E-state index in [1.807, 2.05) is 0 Å². The normalized spacial score (nSPS) is 16.8. The van der Waals surface area contributed by atoms with Crippen LogP contribution in [0, 0.1) is 12.8 Å². The summed E-state index contributed by atoms with van der Waals surface area (Å²) in [6.45, 7) is 2.05. The number of halogens is 2. The van der Waals surface area contributed by atoms with Crippen molar-refractivity contribution >= 4 is 0 Å². The molecule has 0 N–H and O–H groups in total. The van der Waals surface area contributed by atoms with E-state index in [1.165, 1.54) is 29.9 Å². The van der Waals surface area contributed by atoms with Crippen molar-refractivity contribution < 1.29 is 8.78 Å². The number of rotatable bonds is 6. The van der Waals surface area contributed by atoms with Gasteiger partial charge in [-0.3, -0.25) is 9.47 Å². The fraction of sp³-hybridized carbons (Fsp3) is 0.526. The maximum atomic E-state index is 12.9. The first-order valence-corrected chi connectivity index (χ1v) is 8.69. The first kappa shape index (κ1) is 17.1. The van der Waals surface area contributed by atoms with Crippen molar-refractivity contribution in [2.45, 2.75) is 45.7 Å². The van der Waals surface area contributed by atoms with Crippen LogP contribution in [0.3, 0.4) is 0 Å². The minimum atomic E-state index is -2.51. The smallest absolute Gasteiger partial charge is 0.296 e. The number of alkyl halides is 2. The molecule has 5 heteroatoms. The van der Waals surface area contributed by atoms with E-state index < -0.39 is 6.55 Å². The summed E-state index contributed by atoms with van der Waals surface area (Å²) in [5.74, 6) is 1.19. The summed E-state index contributed by atoms with van der Waals surface area (Å²) in [5, 5.41) is 0. The Bertz CT molecular complexity index is 628. The Balaban J connectivity index is 1.44. The molecule has 1 aliphatic heterocycles. The average molecular weight is 333 g/mol. The van der Waals surface area contributed by atoms with Crippen molar-refractivity contribution in [3.05, 3.63) is 53.6 Å². The third-order valence-electron chi connectivity index (χ3n) is 4.99. The van der Waals surface area contributed by atoms with Gasteiger partial charge in [0.1, 0.15) is 5.82 Å². The molecule has 1 aromatic carbocycles. The van der Waals surface area contributed by atoms with Crippen LogP contribution in [-0.2, 0) is 13.0 Å². The molecule has 0 aliphatic carbocycles. The summed E-state index contributed by atoms with van der Waals surface area (Å²) in [6, 6.07) is 8.77. The van der Waals surface area contributed by atoms with Crippen LogP contribution in [0.5, 0.6) is 0 Å². The minimum absolute atomic E-state index is 0.461. The third-order valence-corrected chi connectivity index (χ3v) is 4.99. The molecule has 3 rings (SSSR count). The number of benzene rings is 1. The molecular formula is C19H25F2N3. The zero-order valence-electron chi connectivity index (χ0n) is 14.2. The molecule has 0 radical (unpaired) electrons. The average Bonchev–Trinajstić information content (AvgIpc) is 3.04. The van der Waals surface area contributed by atoms with Gasteiger partial charge in [0.2, 0.25) is 0 Å². The van der Waals surface area contributed by atoms with E-state index in [-0.39, 0.29) is 0 Å². The molecule has 0 unspecified atom stereocenters. The van der Waals surface area contributed by atoms with Gasteiger partial charge >= 0.3 is 6.55 Å². The molecule has 1 aromatic heterocycles. The Morgan fingerprint density at radius 3 is 2.54 bits per heavy atom. The second-order valence-electron chi connectivity index (χ2n) is 6.77. The molecule has 130 valence electrons. The van der Waals surface area contributed by atoms with E-state index in [0.29, 0.717) is 12.4 Å². The second kappa shape index (κ2) is 7.88. The van der Waals surface area contributed by atoms with Crippen LogP contribution in [-0.4, -0.2) is 27.5 Å². The maximum Gasteiger partial charge on any atom is 0.319 e. The summed E-state index contributed by atoms with van der Waals surface area (Å²) < 4.78 is 26.7. The molecule has 0 atom stereocenters. The van der Waals surface area contributed by atoms with Crippen LogP contribution < -0.4 is 0 Å². The van der Waals surface area contributed by atoms with E-state index in [0.717, 1.165) is 42.8 Å². The largest absolute Gasteiger partial charge is 0.319 e. The SMILES string of the molecule is Cc1ccc(CCC2CCN(Cc3nccn3C(F)F)CC2)cc1. The molecule has 1 fully saturated rings. The highest BCUT2D eigenvalue weighted by Crippen LogP contribution is 2.24. The number of nitrogens with zero attached hydrogens (tertiary/aromatic N) is 3. The van der Waals surface area contributed by atoms with E-state index in [4.69, 9.17) is 0 Å². The summed E-state index contributed by atoms with van der Waals surface area (Å²) >= 11 is 0. The molecule has 0 amide bonds. The number of aromatic nitrogens is 2. The fourth-order valence-corrected chi connectivity index (χ4v) is 3.40. The monoisotopic (exact) mass is 333 g/mol. The van der Waals surface area contributed by atoms with Crippen LogP contribution in [0.25, 0.3) is 0 Å². The highest BCUT2D eigenvalue weighted by atomic mass is 19.3. The topological polar surface area (TPSA) is 21.1 Å². The molecule has 2 heterocycles. The third kappa shape index (κ3) is 4.41. The first-order chi connectivity index (χ1) is 11.6. The Hall–Kier alpha value is -1.75. The van der Waals surface area contributed by atoms with Crippen LogP contribution >= 0.6 is 0 Å². The predicted molar refractivity (Wildman–Crippen MR) is 91.0 cm³/mol. The highest BCUT2D eigenvalue weighted by Gasteiger charge is 2.21. The molecule has 0 bridgehead atoms. The molecule has 0 saturated carbocycles. The molecule has 24 heavy (non-hydrogen) atoms. The first-order valence-electron chi connectivity index (χ1n) is 8.69. The molecule has 0 spiro atoms. The Morgan fingerprint density at radius 2 is 1.88 bits per heavy atom. The lowest BCUT2D eigenvalue weighted by Gasteiger charge is -2.31. The van der Waals surface area contributed by atoms with Crippen molar-refractivity contribution in [3.8, 4) is 0 Å². The van der Waals surface area contributed by atoms with Crippen LogP contribution in [0.4, 0.5) is 8.78 Å². The van der Waals surface area contributed by atoms with Crippen molar-refractivity contribution in [1.29, 1.82) is 0 Å². The second-order valence-corrected chi connectivity index (χ2v) is 6.77. The van der Waals surface area contributed by atoms with E-state index in [1.54, 1.807) is 0 Å². The Morgan fingerprint density at radius 1 is 1.17 bits per heavy atom. The molecule has 1 aliphatic rings. The summed E-state index contributed by atoms with van der Waals surface area (Å²) in [7, 11) is 0. The Labute approximate surface area is 142 Å². The maximum absolute atomic E-state index is 12.9. The van der Waals surface area contributed by atoms with Gasteiger partial charge in [0, 0.05) is 12.4 Å². The summed E-state index contributed by atoms with van der Waals surface area (Å²) in [6.07, 6.45) is 7.43. The van der Waals surface area contributed by atoms with Gasteiger partial charge in [0.05, 0.1) is 6.54 Å². The predicted octanol–water partition coefficient (Wildman–Crippen LogP) is 4.43. The van der Waals surface area contributed by atoms with Gasteiger partial charge in [-0.15, -0.1) is 0 Å². The minimum Gasteiger partial charge on any atom is -0.296 e. The van der Waals surface area contributed by atoms with Crippen molar-refractivity contribution in [2.24, 2.45) is 5.92 Å². The van der Waals surface area contributed by atoms with Crippen molar-refractivity contribution in [2.75, 3.05) is 13.1 Å². The number of hydrogen-bond donors (Lipinski definition) is 0. The van der Waals surface area contributed by atoms with Gasteiger partial charge in [0.15, 0.2) is 0 Å². The van der Waals surface area contributed by atoms with Gasteiger partial charge in [-0.25, -0.2) is 4.98 Å². The Kier molecular flexibility index (Phi) is 5.61. The van der Waals surface area contributed by atoms with Crippen LogP contribution in [0.1, 0.15) is 42.8 Å². The summed E-state index contributed by atoms with van der Waals surface area (Å²) in [5.41, 5.74) is 2.70. The lowest BCUT2D eigenvalue weighted by Crippen LogP contribution is -2.34. The van der Waals surface area contributed by atoms with Crippen molar-refractivity contribution in [1.82, 2.24) is 14.5 Å². The van der Waals surface area contributed by atoms with Gasteiger partial charge in [-0.1, -0.05) is 29.8 Å². The summed E-state index contributed by atoms with van der Waals surface area (Å²) in [4.78, 5) is 6.31. The van der Waals surface area contributed by atoms with Gasteiger partial charge in [-0.2, -0.15) is 8.78 Å². The van der Waals surface area contributed by atoms with Crippen LogP contribution in [0.15, 0.2) is 36.7 Å². The van der Waals surface area contributed by atoms with Gasteiger partial charge in [0.25, 0.3) is 0 Å². The number of likely N-dealkylation sites (tertiary alicyclic amines) is 1. The molecule has 2 aromatic rings. The highest BCUT2D eigenvalue weighted by molar-refractivity contribution is 5.21. The van der Waals surface area contributed by atoms with Gasteiger partial charge in [-0.05, 0) is 57.2 Å². The van der Waals surface area contributed by atoms with E-state index in [2.05, 4.69) is 41.1 Å². The van der Waals surface area contributed by atoms with E-state index in [9.17, 15) is 8.78 Å². The van der Waals surface area contributed by atoms with E-state index >= 15 is 0 Å². The standard InChI is InChI=1S/C19H25F2N3/c1-15-2-4-16(5-3-15)6-7-17-8-11-23(12-9-17)14-18-22-10-13-24(18)19(20)21/h2-5,10,13,17,19H,6-9,11-12,14H2,1H3. The van der Waals surface area contributed by atoms with Crippen LogP contribution in [0.2, 0.25) is 0 Å². The zero-order chi connectivity index (χ0) is 16.9.